The summed E-state index contributed by atoms with van der Waals surface area (Å²) in [6.45, 7) is 3.35. The van der Waals surface area contributed by atoms with Crippen LogP contribution in [0.25, 0.3) is 0 Å². The van der Waals surface area contributed by atoms with Crippen LogP contribution in [0.15, 0.2) is 30.3 Å². The lowest BCUT2D eigenvalue weighted by Gasteiger charge is -2.24. The van der Waals surface area contributed by atoms with Crippen LogP contribution in [-0.2, 0) is 9.59 Å². The highest BCUT2D eigenvalue weighted by Gasteiger charge is 2.30. The molecule has 1 heterocycles. The molecule has 102 valence electrons. The number of amides is 2. The number of hydrogen-bond donors (Lipinski definition) is 1. The van der Waals surface area contributed by atoms with Crippen LogP contribution < -0.4 is 5.32 Å². The van der Waals surface area contributed by atoms with E-state index in [1.165, 1.54) is 0 Å². The Morgan fingerprint density at radius 3 is 2.68 bits per heavy atom. The highest BCUT2D eigenvalue weighted by molar-refractivity contribution is 5.90. The fraction of sp³-hybridized carbons (Fsp3) is 0.467. The summed E-state index contributed by atoms with van der Waals surface area (Å²) in [4.78, 5) is 26.1. The molecule has 1 aromatic rings. The van der Waals surface area contributed by atoms with E-state index in [1.807, 2.05) is 30.3 Å². The van der Waals surface area contributed by atoms with Crippen molar-refractivity contribution in [3.05, 3.63) is 35.9 Å². The van der Waals surface area contributed by atoms with Crippen LogP contribution in [0.2, 0.25) is 0 Å². The summed E-state index contributed by atoms with van der Waals surface area (Å²) in [6.07, 6.45) is 2.40. The Labute approximate surface area is 113 Å². The van der Waals surface area contributed by atoms with Crippen molar-refractivity contribution in [1.82, 2.24) is 10.2 Å². The van der Waals surface area contributed by atoms with Gasteiger partial charge in [-0.15, -0.1) is 0 Å². The molecule has 1 unspecified atom stereocenters. The van der Waals surface area contributed by atoms with E-state index in [2.05, 4.69) is 12.2 Å². The Bertz CT molecular complexity index is 445. The fourth-order valence-electron chi connectivity index (χ4n) is 2.27. The summed E-state index contributed by atoms with van der Waals surface area (Å²) in [5, 5.41) is 2.82. The molecule has 1 aliphatic rings. The Balaban J connectivity index is 2.20. The molecular weight excluding hydrogens is 240 g/mol. The third kappa shape index (κ3) is 3.34. The molecule has 4 nitrogen and oxygen atoms in total. The summed E-state index contributed by atoms with van der Waals surface area (Å²) in [6, 6.07) is 8.90. The number of benzene rings is 1. The van der Waals surface area contributed by atoms with Crippen LogP contribution in [0.1, 0.15) is 37.8 Å². The van der Waals surface area contributed by atoms with E-state index in [4.69, 9.17) is 0 Å². The Kier molecular flexibility index (Phi) is 4.55. The van der Waals surface area contributed by atoms with E-state index in [-0.39, 0.29) is 11.8 Å². The van der Waals surface area contributed by atoms with Gasteiger partial charge in [0.2, 0.25) is 11.8 Å². The van der Waals surface area contributed by atoms with Gasteiger partial charge in [0.05, 0.1) is 0 Å². The molecule has 0 radical (unpaired) electrons. The minimum absolute atomic E-state index is 0.00509. The van der Waals surface area contributed by atoms with Crippen molar-refractivity contribution < 1.29 is 9.59 Å². The maximum absolute atomic E-state index is 12.5. The van der Waals surface area contributed by atoms with Crippen LogP contribution in [0.4, 0.5) is 0 Å². The molecule has 0 aromatic heterocycles. The Morgan fingerprint density at radius 1 is 1.26 bits per heavy atom. The molecule has 0 spiro atoms. The predicted molar refractivity (Wildman–Crippen MR) is 73.4 cm³/mol. The minimum Gasteiger partial charge on any atom is -0.340 e. The van der Waals surface area contributed by atoms with Crippen molar-refractivity contribution in [2.24, 2.45) is 0 Å². The molecule has 0 saturated carbocycles. The summed E-state index contributed by atoms with van der Waals surface area (Å²) in [7, 11) is 0. The molecule has 2 amide bonds. The molecule has 1 atom stereocenters. The average molecular weight is 260 g/mol. The molecule has 1 fully saturated rings. The lowest BCUT2D eigenvalue weighted by atomic mass is 10.1. The molecule has 2 rings (SSSR count). The van der Waals surface area contributed by atoms with Gasteiger partial charge in [0.1, 0.15) is 6.04 Å². The van der Waals surface area contributed by atoms with E-state index >= 15 is 0 Å². The second kappa shape index (κ2) is 6.36. The Hall–Kier alpha value is -1.84. The largest absolute Gasteiger partial charge is 0.340 e. The number of unbranched alkanes of at least 4 members (excludes halogenated alkanes) is 1. The van der Waals surface area contributed by atoms with E-state index < -0.39 is 6.04 Å². The molecule has 1 N–H and O–H groups in total. The fourth-order valence-corrected chi connectivity index (χ4v) is 2.27. The summed E-state index contributed by atoms with van der Waals surface area (Å²) < 4.78 is 0. The van der Waals surface area contributed by atoms with Crippen molar-refractivity contribution in [2.75, 3.05) is 13.1 Å². The maximum Gasteiger partial charge on any atom is 0.249 e. The molecule has 19 heavy (non-hydrogen) atoms. The molecule has 1 aliphatic heterocycles. The predicted octanol–water partition coefficient (Wildman–Crippen LogP) is 1.88. The van der Waals surface area contributed by atoms with Gasteiger partial charge in [-0.25, -0.2) is 0 Å². The molecule has 1 aromatic carbocycles. The van der Waals surface area contributed by atoms with E-state index in [1.54, 1.807) is 4.90 Å². The number of rotatable bonds is 4. The molecular formula is C15H20N2O2. The molecule has 0 bridgehead atoms. The van der Waals surface area contributed by atoms with Crippen molar-refractivity contribution in [3.63, 3.8) is 0 Å². The first-order valence-electron chi connectivity index (χ1n) is 6.85. The zero-order chi connectivity index (χ0) is 13.7. The van der Waals surface area contributed by atoms with Crippen LogP contribution in [0.5, 0.6) is 0 Å². The number of nitrogens with one attached hydrogen (secondary N) is 1. The van der Waals surface area contributed by atoms with Gasteiger partial charge < -0.3 is 10.2 Å². The lowest BCUT2D eigenvalue weighted by Crippen LogP contribution is -2.38. The summed E-state index contributed by atoms with van der Waals surface area (Å²) in [5.74, 6) is -0.0494. The normalized spacial score (nSPS) is 20.1. The topological polar surface area (TPSA) is 49.4 Å². The van der Waals surface area contributed by atoms with Crippen LogP contribution in [0.3, 0.4) is 0 Å². The number of carbonyl (C=O) groups is 2. The van der Waals surface area contributed by atoms with E-state index in [9.17, 15) is 9.59 Å². The number of hydrogen-bond acceptors (Lipinski definition) is 2. The number of nitrogens with zero attached hydrogens (tertiary/aromatic N) is 1. The van der Waals surface area contributed by atoms with Gasteiger partial charge >= 0.3 is 0 Å². The number of carbonyl (C=O) groups excluding carboxylic acids is 2. The SMILES string of the molecule is CCCCN1CCC(=O)NC(c2ccccc2)C1=O. The highest BCUT2D eigenvalue weighted by Crippen LogP contribution is 2.19. The molecule has 1 saturated heterocycles. The smallest absolute Gasteiger partial charge is 0.249 e. The van der Waals surface area contributed by atoms with E-state index in [0.29, 0.717) is 13.0 Å². The van der Waals surface area contributed by atoms with Gasteiger partial charge in [-0.3, -0.25) is 9.59 Å². The van der Waals surface area contributed by atoms with Gasteiger partial charge in [-0.1, -0.05) is 43.7 Å². The first-order valence-corrected chi connectivity index (χ1v) is 6.85. The first-order chi connectivity index (χ1) is 9.22. The van der Waals surface area contributed by atoms with Crippen LogP contribution >= 0.6 is 0 Å². The maximum atomic E-state index is 12.5. The average Bonchev–Trinajstić information content (AvgIpc) is 2.58. The van der Waals surface area contributed by atoms with Crippen molar-refractivity contribution in [3.8, 4) is 0 Å². The zero-order valence-electron chi connectivity index (χ0n) is 11.3. The third-order valence-electron chi connectivity index (χ3n) is 3.39. The second-order valence-electron chi connectivity index (χ2n) is 4.84. The molecule has 4 heteroatoms. The monoisotopic (exact) mass is 260 g/mol. The van der Waals surface area contributed by atoms with Gasteiger partial charge in [-0.05, 0) is 12.0 Å². The van der Waals surface area contributed by atoms with Crippen LogP contribution in [0, 0.1) is 0 Å². The minimum atomic E-state index is -0.534. The third-order valence-corrected chi connectivity index (χ3v) is 3.39. The summed E-state index contributed by atoms with van der Waals surface area (Å²) >= 11 is 0. The quantitative estimate of drug-likeness (QED) is 0.898. The standard InChI is InChI=1S/C15H20N2O2/c1-2-3-10-17-11-9-13(18)16-14(15(17)19)12-7-5-4-6-8-12/h4-8,14H,2-3,9-11H2,1H3,(H,16,18). The van der Waals surface area contributed by atoms with Gasteiger partial charge in [0.25, 0.3) is 0 Å². The van der Waals surface area contributed by atoms with Crippen molar-refractivity contribution in [2.45, 2.75) is 32.2 Å². The summed E-state index contributed by atoms with van der Waals surface area (Å²) in [5.41, 5.74) is 0.851. The van der Waals surface area contributed by atoms with Crippen LogP contribution in [-0.4, -0.2) is 29.8 Å². The highest BCUT2D eigenvalue weighted by atomic mass is 16.2. The van der Waals surface area contributed by atoms with Gasteiger partial charge in [0, 0.05) is 19.5 Å². The van der Waals surface area contributed by atoms with E-state index in [0.717, 1.165) is 24.9 Å². The Morgan fingerprint density at radius 2 is 2.00 bits per heavy atom. The van der Waals surface area contributed by atoms with Crippen molar-refractivity contribution in [1.29, 1.82) is 0 Å². The van der Waals surface area contributed by atoms with Crippen molar-refractivity contribution >= 4 is 11.8 Å². The van der Waals surface area contributed by atoms with Gasteiger partial charge in [0.15, 0.2) is 0 Å². The molecule has 0 aliphatic carbocycles. The first kappa shape index (κ1) is 13.6. The second-order valence-corrected chi connectivity index (χ2v) is 4.84. The zero-order valence-corrected chi connectivity index (χ0v) is 11.3. The van der Waals surface area contributed by atoms with Gasteiger partial charge in [-0.2, -0.15) is 0 Å². The lowest BCUT2D eigenvalue weighted by molar-refractivity contribution is -0.133.